The Labute approximate surface area is 118 Å². The minimum absolute atomic E-state index is 0.0272. The van der Waals surface area contributed by atoms with Gasteiger partial charge < -0.3 is 19.9 Å². The lowest BCUT2D eigenvalue weighted by atomic mass is 10.2. The van der Waals surface area contributed by atoms with E-state index in [4.69, 9.17) is 9.47 Å². The fourth-order valence-electron chi connectivity index (χ4n) is 1.34. The molecule has 0 aliphatic heterocycles. The molecule has 0 saturated heterocycles. The zero-order valence-electron chi connectivity index (χ0n) is 12.1. The maximum atomic E-state index is 11.3. The predicted octanol–water partition coefficient (Wildman–Crippen LogP) is 2.28. The van der Waals surface area contributed by atoms with Crippen molar-refractivity contribution in [1.82, 2.24) is 5.32 Å². The number of amides is 1. The number of methoxy groups -OCH3 is 1. The first-order valence-corrected chi connectivity index (χ1v) is 6.14. The van der Waals surface area contributed by atoms with Crippen LogP contribution in [0.1, 0.15) is 26.3 Å². The van der Waals surface area contributed by atoms with E-state index >= 15 is 0 Å². The van der Waals surface area contributed by atoms with Crippen molar-refractivity contribution in [3.05, 3.63) is 23.8 Å². The minimum atomic E-state index is -0.528. The summed E-state index contributed by atoms with van der Waals surface area (Å²) in [6, 6.07) is 4.85. The summed E-state index contributed by atoms with van der Waals surface area (Å²) in [7, 11) is 1.48. The fourth-order valence-corrected chi connectivity index (χ4v) is 1.34. The number of alkyl carbamates (subject to hydrolysis) is 1. The molecule has 0 bridgehead atoms. The molecule has 1 aromatic rings. The first-order chi connectivity index (χ1) is 9.31. The molecule has 0 unspecified atom stereocenters. The van der Waals surface area contributed by atoms with E-state index in [-0.39, 0.29) is 12.3 Å². The molecule has 108 valence electrons. The van der Waals surface area contributed by atoms with Gasteiger partial charge in [-0.25, -0.2) is 4.79 Å². The van der Waals surface area contributed by atoms with Crippen molar-refractivity contribution in [1.29, 1.82) is 0 Å². The summed E-state index contributed by atoms with van der Waals surface area (Å²) in [6.07, 6.45) is -0.510. The molecule has 5 nitrogen and oxygen atoms in total. The number of carbonyl (C=O) groups excluding carboxylic acids is 1. The number of hydrogen-bond donors (Lipinski definition) is 2. The van der Waals surface area contributed by atoms with Crippen LogP contribution < -0.4 is 10.1 Å². The van der Waals surface area contributed by atoms with Gasteiger partial charge in [0, 0.05) is 5.56 Å². The summed E-state index contributed by atoms with van der Waals surface area (Å²) >= 11 is 0. The van der Waals surface area contributed by atoms with Crippen molar-refractivity contribution in [2.75, 3.05) is 13.7 Å². The SMILES string of the molecule is COc1ccc(C#CCNC(=O)OC(C)(C)C)cc1O. The zero-order valence-corrected chi connectivity index (χ0v) is 12.1. The monoisotopic (exact) mass is 277 g/mol. The number of benzene rings is 1. The third-order valence-electron chi connectivity index (χ3n) is 2.13. The molecule has 0 aliphatic carbocycles. The molecule has 1 rings (SSSR count). The van der Waals surface area contributed by atoms with Gasteiger partial charge >= 0.3 is 6.09 Å². The molecule has 2 N–H and O–H groups in total. The van der Waals surface area contributed by atoms with Crippen molar-refractivity contribution >= 4 is 6.09 Å². The van der Waals surface area contributed by atoms with E-state index in [0.29, 0.717) is 11.3 Å². The third-order valence-corrected chi connectivity index (χ3v) is 2.13. The molecule has 0 atom stereocenters. The van der Waals surface area contributed by atoms with E-state index in [0.717, 1.165) is 0 Å². The number of aromatic hydroxyl groups is 1. The van der Waals surface area contributed by atoms with Gasteiger partial charge in [-0.15, -0.1) is 0 Å². The summed E-state index contributed by atoms with van der Waals surface area (Å²) in [5.74, 6) is 6.01. The van der Waals surface area contributed by atoms with Crippen LogP contribution in [0.25, 0.3) is 0 Å². The topological polar surface area (TPSA) is 67.8 Å². The standard InChI is InChI=1S/C15H19NO4/c1-15(2,3)20-14(18)16-9-5-6-11-7-8-13(19-4)12(17)10-11/h7-8,10,17H,9H2,1-4H3,(H,16,18). The highest BCUT2D eigenvalue weighted by molar-refractivity contribution is 5.68. The van der Waals surface area contributed by atoms with Crippen LogP contribution in [0.3, 0.4) is 0 Å². The van der Waals surface area contributed by atoms with Crippen LogP contribution in [0.4, 0.5) is 4.79 Å². The van der Waals surface area contributed by atoms with Crippen LogP contribution in [-0.2, 0) is 4.74 Å². The molecule has 0 aromatic heterocycles. The fraction of sp³-hybridized carbons (Fsp3) is 0.400. The highest BCUT2D eigenvalue weighted by Crippen LogP contribution is 2.25. The van der Waals surface area contributed by atoms with Gasteiger partial charge in [0.15, 0.2) is 11.5 Å². The number of hydrogen-bond acceptors (Lipinski definition) is 4. The summed E-state index contributed by atoms with van der Waals surface area (Å²) in [5.41, 5.74) is 0.105. The van der Waals surface area contributed by atoms with Gasteiger partial charge in [0.1, 0.15) is 5.60 Å². The molecule has 0 radical (unpaired) electrons. The van der Waals surface area contributed by atoms with Gasteiger partial charge in [-0.05, 0) is 39.0 Å². The van der Waals surface area contributed by atoms with E-state index in [1.807, 2.05) is 0 Å². The molecule has 0 saturated carbocycles. The highest BCUT2D eigenvalue weighted by Gasteiger charge is 2.14. The van der Waals surface area contributed by atoms with E-state index in [1.54, 1.807) is 32.9 Å². The Morgan fingerprint density at radius 3 is 2.65 bits per heavy atom. The molecule has 0 heterocycles. The molecular weight excluding hydrogens is 258 g/mol. The molecule has 0 aliphatic rings. The Kier molecular flexibility index (Phi) is 5.27. The number of phenolic OH excluding ortho intramolecular Hbond substituents is 1. The Balaban J connectivity index is 2.51. The van der Waals surface area contributed by atoms with Crippen molar-refractivity contribution in [3.63, 3.8) is 0 Å². The lowest BCUT2D eigenvalue weighted by Crippen LogP contribution is -2.32. The van der Waals surface area contributed by atoms with Crippen LogP contribution in [0, 0.1) is 11.8 Å². The largest absolute Gasteiger partial charge is 0.504 e. The molecule has 1 amide bonds. The van der Waals surface area contributed by atoms with Gasteiger partial charge in [0.25, 0.3) is 0 Å². The number of ether oxygens (including phenoxy) is 2. The molecule has 20 heavy (non-hydrogen) atoms. The van der Waals surface area contributed by atoms with Crippen molar-refractivity contribution in [2.24, 2.45) is 0 Å². The van der Waals surface area contributed by atoms with Gasteiger partial charge in [0.2, 0.25) is 0 Å². The van der Waals surface area contributed by atoms with E-state index in [2.05, 4.69) is 17.2 Å². The Morgan fingerprint density at radius 1 is 1.40 bits per heavy atom. The Bertz CT molecular complexity index is 535. The van der Waals surface area contributed by atoms with Gasteiger partial charge in [-0.1, -0.05) is 11.8 Å². The average molecular weight is 277 g/mol. The quantitative estimate of drug-likeness (QED) is 0.814. The van der Waals surface area contributed by atoms with Crippen molar-refractivity contribution < 1.29 is 19.4 Å². The summed E-state index contributed by atoms with van der Waals surface area (Å²) in [4.78, 5) is 11.3. The molecule has 1 aromatic carbocycles. The zero-order chi connectivity index (χ0) is 15.2. The predicted molar refractivity (Wildman–Crippen MR) is 75.8 cm³/mol. The number of carbonyl (C=O) groups is 1. The van der Waals surface area contributed by atoms with Crippen LogP contribution in [0.5, 0.6) is 11.5 Å². The van der Waals surface area contributed by atoms with E-state index in [1.165, 1.54) is 13.2 Å². The maximum absolute atomic E-state index is 11.3. The van der Waals surface area contributed by atoms with Crippen molar-refractivity contribution in [2.45, 2.75) is 26.4 Å². The highest BCUT2D eigenvalue weighted by atomic mass is 16.6. The van der Waals surface area contributed by atoms with Crippen LogP contribution in [-0.4, -0.2) is 30.5 Å². The lowest BCUT2D eigenvalue weighted by Gasteiger charge is -2.18. The third kappa shape index (κ3) is 5.53. The second-order valence-electron chi connectivity index (χ2n) is 5.04. The molecule has 0 spiro atoms. The van der Waals surface area contributed by atoms with E-state index in [9.17, 15) is 9.90 Å². The number of phenols is 1. The summed E-state index contributed by atoms with van der Waals surface area (Å²) < 4.78 is 10.00. The van der Waals surface area contributed by atoms with Crippen LogP contribution in [0.15, 0.2) is 18.2 Å². The summed E-state index contributed by atoms with van der Waals surface area (Å²) in [5, 5.41) is 12.1. The first kappa shape index (κ1) is 15.7. The Morgan fingerprint density at radius 2 is 2.10 bits per heavy atom. The van der Waals surface area contributed by atoms with Crippen molar-refractivity contribution in [3.8, 4) is 23.3 Å². The summed E-state index contributed by atoms with van der Waals surface area (Å²) in [6.45, 7) is 5.54. The molecular formula is C15H19NO4. The normalized spacial score (nSPS) is 10.2. The van der Waals surface area contributed by atoms with Gasteiger partial charge in [-0.2, -0.15) is 0 Å². The number of rotatable bonds is 2. The first-order valence-electron chi connectivity index (χ1n) is 6.14. The van der Waals surface area contributed by atoms with Crippen LogP contribution >= 0.6 is 0 Å². The molecule has 5 heteroatoms. The average Bonchev–Trinajstić information content (AvgIpc) is 2.33. The smallest absolute Gasteiger partial charge is 0.408 e. The second kappa shape index (κ2) is 6.71. The van der Waals surface area contributed by atoms with E-state index < -0.39 is 11.7 Å². The van der Waals surface area contributed by atoms with Gasteiger partial charge in [0.05, 0.1) is 13.7 Å². The number of nitrogens with one attached hydrogen (secondary N) is 1. The van der Waals surface area contributed by atoms with Gasteiger partial charge in [-0.3, -0.25) is 0 Å². The van der Waals surface area contributed by atoms with Crippen LogP contribution in [0.2, 0.25) is 0 Å². The Hall–Kier alpha value is -2.35. The lowest BCUT2D eigenvalue weighted by molar-refractivity contribution is 0.0535. The minimum Gasteiger partial charge on any atom is -0.504 e. The second-order valence-corrected chi connectivity index (χ2v) is 5.04. The maximum Gasteiger partial charge on any atom is 0.408 e. The molecule has 0 fully saturated rings.